The molecule has 21 heavy (non-hydrogen) atoms. The number of nitro groups is 1. The summed E-state index contributed by atoms with van der Waals surface area (Å²) in [5.41, 5.74) is 2.56. The molecule has 0 unspecified atom stereocenters. The number of benzene rings is 1. The molecule has 1 aliphatic heterocycles. The lowest BCUT2D eigenvalue weighted by Gasteiger charge is -2.27. The summed E-state index contributed by atoms with van der Waals surface area (Å²) in [5, 5.41) is 11.1. The molecule has 0 aliphatic carbocycles. The standard InChI is InChI=1S/C16H15N3O2/c20-19(21)15-7-4-10-17-16(15)18-11-8-14(9-12-18)13-5-2-1-3-6-13/h1-8,10H,9,11-12H2. The maximum absolute atomic E-state index is 11.1. The lowest BCUT2D eigenvalue weighted by molar-refractivity contribution is -0.384. The summed E-state index contributed by atoms with van der Waals surface area (Å²) in [6.07, 6.45) is 4.58. The maximum Gasteiger partial charge on any atom is 0.311 e. The molecular formula is C16H15N3O2. The topological polar surface area (TPSA) is 59.3 Å². The van der Waals surface area contributed by atoms with Crippen molar-refractivity contribution in [3.63, 3.8) is 0 Å². The molecule has 0 spiro atoms. The van der Waals surface area contributed by atoms with E-state index in [9.17, 15) is 10.1 Å². The molecule has 3 rings (SSSR count). The van der Waals surface area contributed by atoms with Crippen molar-refractivity contribution >= 4 is 17.1 Å². The summed E-state index contributed by atoms with van der Waals surface area (Å²) in [6, 6.07) is 13.3. The predicted octanol–water partition coefficient (Wildman–Crippen LogP) is 3.28. The Bertz CT molecular complexity index is 683. The molecule has 5 nitrogen and oxygen atoms in total. The average molecular weight is 281 g/mol. The SMILES string of the molecule is O=[N+]([O-])c1cccnc1N1CC=C(c2ccccc2)CC1. The van der Waals surface area contributed by atoms with Gasteiger partial charge in [-0.3, -0.25) is 10.1 Å². The van der Waals surface area contributed by atoms with E-state index < -0.39 is 0 Å². The minimum atomic E-state index is -0.376. The van der Waals surface area contributed by atoms with Gasteiger partial charge in [0.25, 0.3) is 0 Å². The fourth-order valence-corrected chi connectivity index (χ4v) is 2.55. The van der Waals surface area contributed by atoms with E-state index in [2.05, 4.69) is 23.2 Å². The zero-order chi connectivity index (χ0) is 14.7. The van der Waals surface area contributed by atoms with E-state index in [0.29, 0.717) is 12.4 Å². The van der Waals surface area contributed by atoms with E-state index in [-0.39, 0.29) is 10.6 Å². The number of aromatic nitrogens is 1. The van der Waals surface area contributed by atoms with E-state index >= 15 is 0 Å². The summed E-state index contributed by atoms with van der Waals surface area (Å²) in [6.45, 7) is 1.38. The summed E-state index contributed by atoms with van der Waals surface area (Å²) in [4.78, 5) is 16.8. The second kappa shape index (κ2) is 5.75. The highest BCUT2D eigenvalue weighted by Gasteiger charge is 2.22. The van der Waals surface area contributed by atoms with Crippen LogP contribution >= 0.6 is 0 Å². The van der Waals surface area contributed by atoms with Gasteiger partial charge in [-0.25, -0.2) is 4.98 Å². The minimum Gasteiger partial charge on any atom is -0.347 e. The molecule has 0 fully saturated rings. The van der Waals surface area contributed by atoms with Gasteiger partial charge < -0.3 is 4.90 Å². The van der Waals surface area contributed by atoms with Crippen molar-refractivity contribution in [1.29, 1.82) is 0 Å². The molecule has 0 amide bonds. The van der Waals surface area contributed by atoms with Crippen molar-refractivity contribution in [2.75, 3.05) is 18.0 Å². The van der Waals surface area contributed by atoms with Crippen molar-refractivity contribution in [1.82, 2.24) is 4.98 Å². The Morgan fingerprint density at radius 1 is 1.14 bits per heavy atom. The third-order valence-corrected chi connectivity index (χ3v) is 3.62. The Hall–Kier alpha value is -2.69. The second-order valence-electron chi connectivity index (χ2n) is 4.89. The summed E-state index contributed by atoms with van der Waals surface area (Å²) in [5.74, 6) is 0.450. The van der Waals surface area contributed by atoms with Crippen LogP contribution in [0.1, 0.15) is 12.0 Å². The first-order chi connectivity index (χ1) is 10.3. The average Bonchev–Trinajstić information content (AvgIpc) is 2.56. The molecule has 0 radical (unpaired) electrons. The van der Waals surface area contributed by atoms with Crippen LogP contribution in [0.15, 0.2) is 54.7 Å². The summed E-state index contributed by atoms with van der Waals surface area (Å²) >= 11 is 0. The second-order valence-corrected chi connectivity index (χ2v) is 4.89. The number of hydrogen-bond acceptors (Lipinski definition) is 4. The van der Waals surface area contributed by atoms with E-state index in [1.807, 2.05) is 23.1 Å². The highest BCUT2D eigenvalue weighted by Crippen LogP contribution is 2.29. The van der Waals surface area contributed by atoms with Crippen LogP contribution in [-0.4, -0.2) is 23.0 Å². The number of anilines is 1. The molecule has 5 heteroatoms. The normalized spacial score (nSPS) is 14.7. The Labute approximate surface area is 122 Å². The van der Waals surface area contributed by atoms with Gasteiger partial charge >= 0.3 is 5.69 Å². The zero-order valence-electron chi connectivity index (χ0n) is 11.5. The van der Waals surface area contributed by atoms with Crippen LogP contribution < -0.4 is 4.90 Å². The molecule has 106 valence electrons. The Morgan fingerprint density at radius 2 is 1.95 bits per heavy atom. The van der Waals surface area contributed by atoms with E-state index in [4.69, 9.17) is 0 Å². The zero-order valence-corrected chi connectivity index (χ0v) is 11.5. The van der Waals surface area contributed by atoms with Gasteiger partial charge in [-0.15, -0.1) is 0 Å². The third kappa shape index (κ3) is 2.76. The summed E-state index contributed by atoms with van der Waals surface area (Å²) in [7, 11) is 0. The Kier molecular flexibility index (Phi) is 3.64. The highest BCUT2D eigenvalue weighted by atomic mass is 16.6. The van der Waals surface area contributed by atoms with Crippen molar-refractivity contribution in [3.05, 3.63) is 70.4 Å². The smallest absolute Gasteiger partial charge is 0.311 e. The maximum atomic E-state index is 11.1. The van der Waals surface area contributed by atoms with Gasteiger partial charge in [0.1, 0.15) is 0 Å². The number of hydrogen-bond donors (Lipinski definition) is 0. The van der Waals surface area contributed by atoms with Crippen molar-refractivity contribution in [3.8, 4) is 0 Å². The monoisotopic (exact) mass is 281 g/mol. The van der Waals surface area contributed by atoms with Crippen LogP contribution in [-0.2, 0) is 0 Å². The minimum absolute atomic E-state index is 0.0639. The molecule has 2 heterocycles. The molecule has 0 saturated carbocycles. The van der Waals surface area contributed by atoms with Gasteiger partial charge in [0.2, 0.25) is 5.82 Å². The molecule has 1 aromatic heterocycles. The van der Waals surface area contributed by atoms with E-state index in [0.717, 1.165) is 13.0 Å². The number of nitrogens with zero attached hydrogens (tertiary/aromatic N) is 3. The first-order valence-electron chi connectivity index (χ1n) is 6.84. The van der Waals surface area contributed by atoms with Crippen LogP contribution in [0.3, 0.4) is 0 Å². The molecule has 0 saturated heterocycles. The van der Waals surface area contributed by atoms with Crippen LogP contribution in [0.2, 0.25) is 0 Å². The van der Waals surface area contributed by atoms with E-state index in [1.165, 1.54) is 17.2 Å². The van der Waals surface area contributed by atoms with Gasteiger partial charge in [-0.2, -0.15) is 0 Å². The van der Waals surface area contributed by atoms with Crippen LogP contribution in [0.5, 0.6) is 0 Å². The van der Waals surface area contributed by atoms with Gasteiger partial charge in [0, 0.05) is 25.4 Å². The van der Waals surface area contributed by atoms with Gasteiger partial charge in [0.15, 0.2) is 0 Å². The van der Waals surface area contributed by atoms with E-state index in [1.54, 1.807) is 12.3 Å². The fourth-order valence-electron chi connectivity index (χ4n) is 2.55. The van der Waals surface area contributed by atoms with Crippen LogP contribution in [0, 0.1) is 10.1 Å². The van der Waals surface area contributed by atoms with Crippen molar-refractivity contribution in [2.45, 2.75) is 6.42 Å². The Morgan fingerprint density at radius 3 is 2.62 bits per heavy atom. The highest BCUT2D eigenvalue weighted by molar-refractivity contribution is 5.69. The molecule has 1 aromatic carbocycles. The summed E-state index contributed by atoms with van der Waals surface area (Å²) < 4.78 is 0. The predicted molar refractivity (Wildman–Crippen MR) is 82.1 cm³/mol. The molecule has 0 bridgehead atoms. The molecule has 0 N–H and O–H groups in total. The van der Waals surface area contributed by atoms with Crippen molar-refractivity contribution in [2.24, 2.45) is 0 Å². The number of rotatable bonds is 3. The van der Waals surface area contributed by atoms with Gasteiger partial charge in [0.05, 0.1) is 4.92 Å². The first kappa shape index (κ1) is 13.3. The van der Waals surface area contributed by atoms with Gasteiger partial charge in [-0.05, 0) is 23.6 Å². The van der Waals surface area contributed by atoms with Gasteiger partial charge in [-0.1, -0.05) is 36.4 Å². The molecule has 2 aromatic rings. The molecular weight excluding hydrogens is 266 g/mol. The lowest BCUT2D eigenvalue weighted by Crippen LogP contribution is -2.29. The molecule has 1 aliphatic rings. The van der Waals surface area contributed by atoms with Crippen LogP contribution in [0.25, 0.3) is 5.57 Å². The number of pyridine rings is 1. The Balaban J connectivity index is 1.83. The van der Waals surface area contributed by atoms with Crippen molar-refractivity contribution < 1.29 is 4.92 Å². The molecule has 0 atom stereocenters. The third-order valence-electron chi connectivity index (χ3n) is 3.62. The fraction of sp³-hybridized carbons (Fsp3) is 0.188. The van der Waals surface area contributed by atoms with Crippen LogP contribution in [0.4, 0.5) is 11.5 Å². The quantitative estimate of drug-likeness (QED) is 0.640. The lowest BCUT2D eigenvalue weighted by atomic mass is 9.99. The first-order valence-corrected chi connectivity index (χ1v) is 6.84. The largest absolute Gasteiger partial charge is 0.347 e.